The predicted molar refractivity (Wildman–Crippen MR) is 82.4 cm³/mol. The van der Waals surface area contributed by atoms with Gasteiger partial charge in [0, 0.05) is 13.1 Å². The largest absolute Gasteiger partial charge is 0.350 e. The lowest BCUT2D eigenvalue weighted by atomic mass is 10.1. The van der Waals surface area contributed by atoms with E-state index in [9.17, 15) is 4.79 Å². The van der Waals surface area contributed by atoms with Crippen LogP contribution in [0.25, 0.3) is 0 Å². The maximum Gasteiger partial charge on any atom is 0.234 e. The quantitative estimate of drug-likeness (QED) is 0.825. The van der Waals surface area contributed by atoms with Gasteiger partial charge in [0.15, 0.2) is 0 Å². The Hall–Kier alpha value is -0.610. The van der Waals surface area contributed by atoms with Gasteiger partial charge in [-0.25, -0.2) is 0 Å². The molecule has 2 aliphatic rings. The number of piperidine rings is 1. The molecule has 0 bridgehead atoms. The van der Waals surface area contributed by atoms with Crippen LogP contribution in [0.1, 0.15) is 53.4 Å². The highest BCUT2D eigenvalue weighted by atomic mass is 16.2. The fourth-order valence-electron chi connectivity index (χ4n) is 1.98. The van der Waals surface area contributed by atoms with Crippen molar-refractivity contribution in [1.29, 1.82) is 0 Å². The summed E-state index contributed by atoms with van der Waals surface area (Å²) in [6.45, 7) is 12.9. The van der Waals surface area contributed by atoms with Gasteiger partial charge in [0.2, 0.25) is 5.91 Å². The van der Waals surface area contributed by atoms with Crippen LogP contribution in [0.2, 0.25) is 0 Å². The summed E-state index contributed by atoms with van der Waals surface area (Å²) >= 11 is 0. The molecule has 0 unspecified atom stereocenters. The zero-order valence-electron chi connectivity index (χ0n) is 13.3. The van der Waals surface area contributed by atoms with Gasteiger partial charge in [-0.1, -0.05) is 40.5 Å². The molecule has 2 heterocycles. The molecule has 0 aromatic carbocycles. The molecule has 1 amide bonds. The molecule has 2 rings (SSSR count). The van der Waals surface area contributed by atoms with E-state index in [2.05, 4.69) is 29.4 Å². The molecule has 2 N–H and O–H groups in total. The predicted octanol–water partition coefficient (Wildman–Crippen LogP) is 2.00. The summed E-state index contributed by atoms with van der Waals surface area (Å²) in [5.41, 5.74) is 0. The first kappa shape index (κ1) is 18.4. The Morgan fingerprint density at radius 3 is 2.11 bits per heavy atom. The molecule has 0 saturated carbocycles. The van der Waals surface area contributed by atoms with Gasteiger partial charge in [-0.2, -0.15) is 0 Å². The van der Waals surface area contributed by atoms with Crippen molar-refractivity contribution in [2.24, 2.45) is 0 Å². The van der Waals surface area contributed by atoms with E-state index in [0.717, 1.165) is 26.2 Å². The van der Waals surface area contributed by atoms with Crippen LogP contribution in [0.15, 0.2) is 0 Å². The maximum atomic E-state index is 11.5. The SMILES string of the molecule is CC.CCC.O=C(CN1CCCCC1)NC1CNC1. The third-order valence-electron chi connectivity index (χ3n) is 2.96. The molecule has 19 heavy (non-hydrogen) atoms. The minimum Gasteiger partial charge on any atom is -0.350 e. The molecular formula is C15H33N3O. The maximum absolute atomic E-state index is 11.5. The molecule has 4 nitrogen and oxygen atoms in total. The molecule has 0 aliphatic carbocycles. The summed E-state index contributed by atoms with van der Waals surface area (Å²) in [4.78, 5) is 13.8. The lowest BCUT2D eigenvalue weighted by Crippen LogP contribution is -2.58. The van der Waals surface area contributed by atoms with Crippen LogP contribution >= 0.6 is 0 Å². The highest BCUT2D eigenvalue weighted by Crippen LogP contribution is 2.07. The first-order chi connectivity index (χ1) is 9.26. The summed E-state index contributed by atoms with van der Waals surface area (Å²) in [7, 11) is 0. The van der Waals surface area contributed by atoms with Gasteiger partial charge in [0.05, 0.1) is 12.6 Å². The van der Waals surface area contributed by atoms with Gasteiger partial charge < -0.3 is 10.6 Å². The van der Waals surface area contributed by atoms with E-state index in [1.807, 2.05) is 13.8 Å². The fraction of sp³-hybridized carbons (Fsp3) is 0.933. The molecule has 0 spiro atoms. The van der Waals surface area contributed by atoms with E-state index >= 15 is 0 Å². The molecular weight excluding hydrogens is 238 g/mol. The Morgan fingerprint density at radius 2 is 1.68 bits per heavy atom. The summed E-state index contributed by atoms with van der Waals surface area (Å²) in [6.07, 6.45) is 5.07. The number of hydrogen-bond acceptors (Lipinski definition) is 3. The Bertz CT molecular complexity index is 211. The summed E-state index contributed by atoms with van der Waals surface area (Å²) in [6, 6.07) is 0.382. The highest BCUT2D eigenvalue weighted by molar-refractivity contribution is 5.78. The van der Waals surface area contributed by atoms with Gasteiger partial charge in [-0.3, -0.25) is 9.69 Å². The number of amides is 1. The summed E-state index contributed by atoms with van der Waals surface area (Å²) in [5, 5.41) is 6.16. The van der Waals surface area contributed by atoms with Gasteiger partial charge >= 0.3 is 0 Å². The fourth-order valence-corrected chi connectivity index (χ4v) is 1.98. The van der Waals surface area contributed by atoms with E-state index in [0.29, 0.717) is 12.6 Å². The molecule has 0 aromatic rings. The average molecular weight is 271 g/mol. The van der Waals surface area contributed by atoms with Crippen LogP contribution in [-0.4, -0.2) is 49.6 Å². The van der Waals surface area contributed by atoms with Crippen molar-refractivity contribution in [2.75, 3.05) is 32.7 Å². The summed E-state index contributed by atoms with van der Waals surface area (Å²) in [5.74, 6) is 0.193. The molecule has 0 radical (unpaired) electrons. The topological polar surface area (TPSA) is 44.4 Å². The normalized spacial score (nSPS) is 19.2. The average Bonchev–Trinajstić information content (AvgIpc) is 2.39. The van der Waals surface area contributed by atoms with Gasteiger partial charge in [0.25, 0.3) is 0 Å². The van der Waals surface area contributed by atoms with E-state index in [1.54, 1.807) is 0 Å². The Morgan fingerprint density at radius 1 is 1.16 bits per heavy atom. The molecule has 0 aromatic heterocycles. The second kappa shape index (κ2) is 12.4. The third kappa shape index (κ3) is 9.00. The second-order valence-corrected chi connectivity index (χ2v) is 4.97. The molecule has 2 fully saturated rings. The van der Waals surface area contributed by atoms with Crippen molar-refractivity contribution in [1.82, 2.24) is 15.5 Å². The zero-order valence-corrected chi connectivity index (χ0v) is 13.3. The number of nitrogens with zero attached hydrogens (tertiary/aromatic N) is 1. The van der Waals surface area contributed by atoms with Gasteiger partial charge in [-0.05, 0) is 25.9 Å². The molecule has 2 saturated heterocycles. The molecule has 4 heteroatoms. The van der Waals surface area contributed by atoms with Crippen LogP contribution in [0.5, 0.6) is 0 Å². The van der Waals surface area contributed by atoms with Crippen LogP contribution in [0.4, 0.5) is 0 Å². The van der Waals surface area contributed by atoms with Crippen LogP contribution < -0.4 is 10.6 Å². The smallest absolute Gasteiger partial charge is 0.234 e. The molecule has 2 aliphatic heterocycles. The Labute approximate surface area is 119 Å². The van der Waals surface area contributed by atoms with Crippen molar-refractivity contribution in [3.05, 3.63) is 0 Å². The zero-order chi connectivity index (χ0) is 14.5. The number of rotatable bonds is 3. The van der Waals surface area contributed by atoms with Crippen molar-refractivity contribution in [3.63, 3.8) is 0 Å². The lowest BCUT2D eigenvalue weighted by molar-refractivity contribution is -0.123. The second-order valence-electron chi connectivity index (χ2n) is 4.97. The van der Waals surface area contributed by atoms with E-state index < -0.39 is 0 Å². The first-order valence-electron chi connectivity index (χ1n) is 7.98. The van der Waals surface area contributed by atoms with Gasteiger partial charge in [-0.15, -0.1) is 0 Å². The van der Waals surface area contributed by atoms with Crippen LogP contribution in [0.3, 0.4) is 0 Å². The van der Waals surface area contributed by atoms with Crippen molar-refractivity contribution >= 4 is 5.91 Å². The number of hydrogen-bond donors (Lipinski definition) is 2. The van der Waals surface area contributed by atoms with E-state index in [1.165, 1.54) is 25.7 Å². The Balaban J connectivity index is 0.000000573. The number of carbonyl (C=O) groups is 1. The van der Waals surface area contributed by atoms with Crippen molar-refractivity contribution in [3.8, 4) is 0 Å². The minimum absolute atomic E-state index is 0.193. The molecule has 114 valence electrons. The summed E-state index contributed by atoms with van der Waals surface area (Å²) < 4.78 is 0. The highest BCUT2D eigenvalue weighted by Gasteiger charge is 2.20. The van der Waals surface area contributed by atoms with Crippen molar-refractivity contribution < 1.29 is 4.79 Å². The van der Waals surface area contributed by atoms with E-state index in [4.69, 9.17) is 0 Å². The van der Waals surface area contributed by atoms with E-state index in [-0.39, 0.29) is 5.91 Å². The standard InChI is InChI=1S/C10H19N3O.C3H8.C2H6/c14-10(12-9-6-11-7-9)8-13-4-2-1-3-5-13;1-3-2;1-2/h9,11H,1-8H2,(H,12,14);3H2,1-2H3;1-2H3. The Kier molecular flexibility index (Phi) is 12.0. The molecule has 0 atom stereocenters. The van der Waals surface area contributed by atoms with Gasteiger partial charge in [0.1, 0.15) is 0 Å². The van der Waals surface area contributed by atoms with Crippen LogP contribution in [0, 0.1) is 0 Å². The monoisotopic (exact) mass is 271 g/mol. The first-order valence-corrected chi connectivity index (χ1v) is 7.98. The van der Waals surface area contributed by atoms with Crippen molar-refractivity contribution in [2.45, 2.75) is 59.4 Å². The number of nitrogens with one attached hydrogen (secondary N) is 2. The lowest BCUT2D eigenvalue weighted by Gasteiger charge is -2.30. The number of likely N-dealkylation sites (tertiary alicyclic amines) is 1. The van der Waals surface area contributed by atoms with Crippen LogP contribution in [-0.2, 0) is 4.79 Å². The number of carbonyl (C=O) groups excluding carboxylic acids is 1. The third-order valence-corrected chi connectivity index (χ3v) is 2.96. The minimum atomic E-state index is 0.193.